The van der Waals surface area contributed by atoms with Crippen LogP contribution in [0.1, 0.15) is 55.6 Å². The Morgan fingerprint density at radius 1 is 1.30 bits per heavy atom. The van der Waals surface area contributed by atoms with Gasteiger partial charge in [0.15, 0.2) is 11.5 Å². The van der Waals surface area contributed by atoms with Crippen LogP contribution in [0.2, 0.25) is 0 Å². The Kier molecular flexibility index (Phi) is 6.39. The molecule has 4 nitrogen and oxygen atoms in total. The number of aryl methyl sites for hydroxylation is 1. The molecule has 0 radical (unpaired) electrons. The first-order valence-corrected chi connectivity index (χ1v) is 8.46. The molecule has 124 valence electrons. The van der Waals surface area contributed by atoms with E-state index in [1.165, 1.54) is 12.8 Å². The van der Waals surface area contributed by atoms with Crippen molar-refractivity contribution < 1.29 is 9.32 Å². The molecule has 2 aromatic rings. The van der Waals surface area contributed by atoms with E-state index < -0.39 is 0 Å². The smallest absolute Gasteiger partial charge is 0.273 e. The van der Waals surface area contributed by atoms with Crippen molar-refractivity contribution in [2.45, 2.75) is 46.5 Å². The quantitative estimate of drug-likeness (QED) is 0.775. The fourth-order valence-electron chi connectivity index (χ4n) is 2.59. The van der Waals surface area contributed by atoms with Gasteiger partial charge >= 0.3 is 0 Å². The Balaban J connectivity index is 1.96. The summed E-state index contributed by atoms with van der Waals surface area (Å²) < 4.78 is 5.31. The number of rotatable bonds is 8. The maximum Gasteiger partial charge on any atom is 0.273 e. The molecule has 0 aliphatic carbocycles. The fraction of sp³-hybridized carbons (Fsp3) is 0.474. The second-order valence-electron chi connectivity index (χ2n) is 6.07. The van der Waals surface area contributed by atoms with Crippen LogP contribution in [0.25, 0.3) is 11.3 Å². The monoisotopic (exact) mass is 314 g/mol. The molecule has 23 heavy (non-hydrogen) atoms. The first kappa shape index (κ1) is 17.3. The Labute approximate surface area is 138 Å². The molecule has 1 atom stereocenters. The maximum absolute atomic E-state index is 12.2. The SMILES string of the molecule is CCCC[C@H](CC)CNC(=O)c1cc(-c2cccc(C)c2)on1. The minimum atomic E-state index is -0.164. The van der Waals surface area contributed by atoms with Crippen molar-refractivity contribution >= 4 is 5.91 Å². The minimum Gasteiger partial charge on any atom is -0.355 e. The van der Waals surface area contributed by atoms with Crippen LogP contribution in [-0.4, -0.2) is 17.6 Å². The Morgan fingerprint density at radius 2 is 2.13 bits per heavy atom. The fourth-order valence-corrected chi connectivity index (χ4v) is 2.59. The molecule has 0 spiro atoms. The number of hydrogen-bond donors (Lipinski definition) is 1. The second-order valence-corrected chi connectivity index (χ2v) is 6.07. The van der Waals surface area contributed by atoms with Crippen LogP contribution in [0.4, 0.5) is 0 Å². The third kappa shape index (κ3) is 4.95. The van der Waals surface area contributed by atoms with E-state index in [1.54, 1.807) is 6.07 Å². The van der Waals surface area contributed by atoms with E-state index in [9.17, 15) is 4.79 Å². The first-order valence-electron chi connectivity index (χ1n) is 8.46. The number of aromatic nitrogens is 1. The number of carbonyl (C=O) groups excluding carboxylic acids is 1. The Hall–Kier alpha value is -2.10. The lowest BCUT2D eigenvalue weighted by atomic mass is 9.99. The van der Waals surface area contributed by atoms with E-state index in [-0.39, 0.29) is 5.91 Å². The van der Waals surface area contributed by atoms with Gasteiger partial charge in [0.2, 0.25) is 0 Å². The molecular weight excluding hydrogens is 288 g/mol. The summed E-state index contributed by atoms with van der Waals surface area (Å²) in [4.78, 5) is 12.2. The minimum absolute atomic E-state index is 0.164. The van der Waals surface area contributed by atoms with E-state index in [0.29, 0.717) is 23.9 Å². The highest BCUT2D eigenvalue weighted by Gasteiger charge is 2.15. The van der Waals surface area contributed by atoms with Crippen molar-refractivity contribution in [3.8, 4) is 11.3 Å². The predicted molar refractivity (Wildman–Crippen MR) is 92.3 cm³/mol. The third-order valence-electron chi connectivity index (χ3n) is 4.14. The number of carbonyl (C=O) groups is 1. The van der Waals surface area contributed by atoms with Crippen molar-refractivity contribution in [1.29, 1.82) is 0 Å². The molecule has 0 fully saturated rings. The average molecular weight is 314 g/mol. The number of unbranched alkanes of at least 4 members (excludes halogenated alkanes) is 1. The summed E-state index contributed by atoms with van der Waals surface area (Å²) in [6.07, 6.45) is 4.62. The van der Waals surface area contributed by atoms with Gasteiger partial charge in [0, 0.05) is 18.2 Å². The zero-order valence-corrected chi connectivity index (χ0v) is 14.3. The molecule has 4 heteroatoms. The van der Waals surface area contributed by atoms with Crippen molar-refractivity contribution in [1.82, 2.24) is 10.5 Å². The van der Waals surface area contributed by atoms with Gasteiger partial charge in [-0.3, -0.25) is 4.79 Å². The van der Waals surface area contributed by atoms with Crippen LogP contribution < -0.4 is 5.32 Å². The van der Waals surface area contributed by atoms with Crippen molar-refractivity contribution in [2.24, 2.45) is 5.92 Å². The summed E-state index contributed by atoms with van der Waals surface area (Å²) >= 11 is 0. The van der Waals surface area contributed by atoms with E-state index >= 15 is 0 Å². The van der Waals surface area contributed by atoms with Crippen molar-refractivity contribution in [3.05, 3.63) is 41.6 Å². The van der Waals surface area contributed by atoms with E-state index in [4.69, 9.17) is 4.52 Å². The lowest BCUT2D eigenvalue weighted by molar-refractivity contribution is 0.0937. The van der Waals surface area contributed by atoms with E-state index in [0.717, 1.165) is 24.0 Å². The van der Waals surface area contributed by atoms with Gasteiger partial charge in [-0.05, 0) is 25.3 Å². The molecule has 0 aliphatic heterocycles. The van der Waals surface area contributed by atoms with Crippen LogP contribution in [-0.2, 0) is 0 Å². The van der Waals surface area contributed by atoms with Gasteiger partial charge in [-0.25, -0.2) is 0 Å². The lowest BCUT2D eigenvalue weighted by Gasteiger charge is -2.14. The van der Waals surface area contributed by atoms with Crippen LogP contribution in [0.15, 0.2) is 34.9 Å². The molecular formula is C19H26N2O2. The van der Waals surface area contributed by atoms with Gasteiger partial charge in [-0.1, -0.05) is 62.0 Å². The van der Waals surface area contributed by atoms with Gasteiger partial charge in [0.25, 0.3) is 5.91 Å². The summed E-state index contributed by atoms with van der Waals surface area (Å²) in [5.41, 5.74) is 2.42. The van der Waals surface area contributed by atoms with Crippen LogP contribution in [0, 0.1) is 12.8 Å². The summed E-state index contributed by atoms with van der Waals surface area (Å²) in [6.45, 7) is 7.07. The molecule has 1 amide bonds. The normalized spacial score (nSPS) is 12.1. The summed E-state index contributed by atoms with van der Waals surface area (Å²) in [7, 11) is 0. The Morgan fingerprint density at radius 3 is 2.83 bits per heavy atom. The second kappa shape index (κ2) is 8.51. The molecule has 0 aliphatic rings. The van der Waals surface area contributed by atoms with Gasteiger partial charge in [-0.2, -0.15) is 0 Å². The summed E-state index contributed by atoms with van der Waals surface area (Å²) in [5.74, 6) is 0.988. The predicted octanol–water partition coefficient (Wildman–Crippen LogP) is 4.60. The zero-order valence-electron chi connectivity index (χ0n) is 14.3. The standard InChI is InChI=1S/C19H26N2O2/c1-4-6-9-15(5-2)13-20-19(22)17-12-18(23-21-17)16-10-7-8-14(3)11-16/h7-8,10-12,15H,4-6,9,13H2,1-3H3,(H,20,22)/t15-/m0/s1. The molecule has 1 aromatic carbocycles. The summed E-state index contributed by atoms with van der Waals surface area (Å²) in [5, 5.41) is 6.87. The van der Waals surface area contributed by atoms with Crippen LogP contribution >= 0.6 is 0 Å². The topological polar surface area (TPSA) is 55.1 Å². The van der Waals surface area contributed by atoms with Crippen LogP contribution in [0.5, 0.6) is 0 Å². The summed E-state index contributed by atoms with van der Waals surface area (Å²) in [6, 6.07) is 9.66. The van der Waals surface area contributed by atoms with Crippen molar-refractivity contribution in [2.75, 3.05) is 6.54 Å². The first-order chi connectivity index (χ1) is 11.1. The van der Waals surface area contributed by atoms with E-state index in [1.807, 2.05) is 31.2 Å². The van der Waals surface area contributed by atoms with Gasteiger partial charge in [0.05, 0.1) is 0 Å². The van der Waals surface area contributed by atoms with Crippen LogP contribution in [0.3, 0.4) is 0 Å². The van der Waals surface area contributed by atoms with Gasteiger partial charge in [0.1, 0.15) is 0 Å². The number of nitrogens with zero attached hydrogens (tertiary/aromatic N) is 1. The molecule has 0 unspecified atom stereocenters. The van der Waals surface area contributed by atoms with Gasteiger partial charge in [-0.15, -0.1) is 0 Å². The number of amides is 1. The molecule has 0 bridgehead atoms. The highest BCUT2D eigenvalue weighted by atomic mass is 16.5. The highest BCUT2D eigenvalue weighted by molar-refractivity contribution is 5.93. The zero-order chi connectivity index (χ0) is 16.7. The molecule has 2 rings (SSSR count). The molecule has 0 saturated heterocycles. The molecule has 1 heterocycles. The molecule has 0 saturated carbocycles. The van der Waals surface area contributed by atoms with Gasteiger partial charge < -0.3 is 9.84 Å². The van der Waals surface area contributed by atoms with E-state index in [2.05, 4.69) is 24.3 Å². The average Bonchev–Trinajstić information content (AvgIpc) is 3.05. The number of hydrogen-bond acceptors (Lipinski definition) is 3. The lowest BCUT2D eigenvalue weighted by Crippen LogP contribution is -2.29. The Bertz CT molecular complexity index is 634. The highest BCUT2D eigenvalue weighted by Crippen LogP contribution is 2.21. The molecule has 1 N–H and O–H groups in total. The third-order valence-corrected chi connectivity index (χ3v) is 4.14. The van der Waals surface area contributed by atoms with Crippen molar-refractivity contribution in [3.63, 3.8) is 0 Å². The molecule has 1 aromatic heterocycles. The number of benzene rings is 1. The maximum atomic E-state index is 12.2. The number of nitrogens with one attached hydrogen (secondary N) is 1. The largest absolute Gasteiger partial charge is 0.355 e.